The molecule has 0 aromatic heterocycles. The second-order valence-corrected chi connectivity index (χ2v) is 6.45. The Morgan fingerprint density at radius 2 is 1.14 bits per heavy atom. The summed E-state index contributed by atoms with van der Waals surface area (Å²) >= 11 is 0. The van der Waals surface area contributed by atoms with Gasteiger partial charge in [-0.25, -0.2) is 0 Å². The zero-order valence-electron chi connectivity index (χ0n) is 16.0. The lowest BCUT2D eigenvalue weighted by atomic mass is 9.91. The van der Waals surface area contributed by atoms with E-state index >= 15 is 0 Å². The lowest BCUT2D eigenvalue weighted by Crippen LogP contribution is -2.00. The van der Waals surface area contributed by atoms with Crippen LogP contribution in [0.5, 0.6) is 11.5 Å². The third-order valence-electron chi connectivity index (χ3n) is 4.31. The van der Waals surface area contributed by atoms with Crippen LogP contribution < -0.4 is 4.74 Å². The highest BCUT2D eigenvalue weighted by Crippen LogP contribution is 2.42. The fourth-order valence-electron chi connectivity index (χ4n) is 3.27. The van der Waals surface area contributed by atoms with E-state index in [1.165, 1.54) is 6.92 Å². The minimum Gasteiger partial charge on any atom is -0.507 e. The number of phenols is 1. The molecule has 5 heteroatoms. The molecule has 0 radical (unpaired) electrons. The van der Waals surface area contributed by atoms with Crippen LogP contribution in [0.15, 0.2) is 72.8 Å². The van der Waals surface area contributed by atoms with Gasteiger partial charge in [-0.15, -0.1) is 0 Å². The van der Waals surface area contributed by atoms with Gasteiger partial charge >= 0.3 is 5.97 Å². The van der Waals surface area contributed by atoms with Crippen LogP contribution in [0.3, 0.4) is 0 Å². The van der Waals surface area contributed by atoms with E-state index in [9.17, 15) is 9.90 Å². The monoisotopic (exact) mass is 388 g/mol. The fraction of sp³-hybridized carbons (Fsp3) is 0.0833. The van der Waals surface area contributed by atoms with Gasteiger partial charge in [-0.2, -0.15) is 0 Å². The topological polar surface area (TPSA) is 83.8 Å². The number of hydrogen-bond donors (Lipinski definition) is 2. The van der Waals surface area contributed by atoms with Crippen molar-refractivity contribution in [2.45, 2.75) is 13.8 Å². The highest BCUT2D eigenvalue weighted by Gasteiger charge is 2.14. The van der Waals surface area contributed by atoms with Crippen molar-refractivity contribution in [1.82, 2.24) is 0 Å². The first-order chi connectivity index (χ1) is 13.9. The molecule has 0 unspecified atom stereocenters. The molecule has 2 N–H and O–H groups in total. The Balaban J connectivity index is 0.000000552. The van der Waals surface area contributed by atoms with Crippen LogP contribution in [-0.4, -0.2) is 22.2 Å². The number of carbonyl (C=O) groups is 2. The number of benzene rings is 4. The molecule has 0 saturated heterocycles. The number of phenolic OH excluding ortho intramolecular Hbond substituents is 1. The minimum absolute atomic E-state index is 0.298. The number of carbonyl (C=O) groups excluding carboxylic acids is 1. The summed E-state index contributed by atoms with van der Waals surface area (Å²) in [5, 5.41) is 21.7. The van der Waals surface area contributed by atoms with Crippen LogP contribution in [0.2, 0.25) is 0 Å². The Labute approximate surface area is 167 Å². The molecule has 0 aliphatic heterocycles. The Hall–Kier alpha value is -3.86. The van der Waals surface area contributed by atoms with E-state index in [2.05, 4.69) is 0 Å². The molecule has 0 bridgehead atoms. The van der Waals surface area contributed by atoms with Gasteiger partial charge in [-0.1, -0.05) is 60.7 Å². The lowest BCUT2D eigenvalue weighted by molar-refractivity contribution is -0.134. The molecule has 4 aromatic carbocycles. The maximum Gasteiger partial charge on any atom is 0.308 e. The largest absolute Gasteiger partial charge is 0.507 e. The third-order valence-corrected chi connectivity index (χ3v) is 4.31. The number of esters is 1. The SMILES string of the molecule is CC(=O)O.CC(=O)Oc1ccc(-c2c3ccccc3c(O)c3ccccc23)cc1. The molecule has 0 heterocycles. The predicted octanol–water partition coefficient (Wildman–Crippen LogP) is 5.38. The summed E-state index contributed by atoms with van der Waals surface area (Å²) in [4.78, 5) is 20.1. The van der Waals surface area contributed by atoms with E-state index in [-0.39, 0.29) is 5.97 Å². The average molecular weight is 388 g/mol. The maximum absolute atomic E-state index is 11.1. The van der Waals surface area contributed by atoms with Gasteiger partial charge in [0.1, 0.15) is 11.5 Å². The van der Waals surface area contributed by atoms with Crippen LogP contribution in [0.25, 0.3) is 32.7 Å². The van der Waals surface area contributed by atoms with Gasteiger partial charge in [-0.3, -0.25) is 9.59 Å². The van der Waals surface area contributed by atoms with Gasteiger partial charge in [0.2, 0.25) is 0 Å². The highest BCUT2D eigenvalue weighted by atomic mass is 16.5. The summed E-state index contributed by atoms with van der Waals surface area (Å²) in [7, 11) is 0. The summed E-state index contributed by atoms with van der Waals surface area (Å²) in [6.07, 6.45) is 0. The number of fused-ring (bicyclic) bond motifs is 2. The van der Waals surface area contributed by atoms with Crippen molar-refractivity contribution in [3.63, 3.8) is 0 Å². The first-order valence-electron chi connectivity index (χ1n) is 8.99. The number of carboxylic acids is 1. The van der Waals surface area contributed by atoms with Crippen LogP contribution in [-0.2, 0) is 9.59 Å². The predicted molar refractivity (Wildman–Crippen MR) is 113 cm³/mol. The van der Waals surface area contributed by atoms with Crippen molar-refractivity contribution in [3.8, 4) is 22.6 Å². The Kier molecular flexibility index (Phi) is 5.79. The summed E-state index contributed by atoms with van der Waals surface area (Å²) in [6.45, 7) is 2.47. The number of hydrogen-bond acceptors (Lipinski definition) is 4. The molecular weight excluding hydrogens is 368 g/mol. The van der Waals surface area contributed by atoms with Crippen molar-refractivity contribution < 1.29 is 24.5 Å². The third kappa shape index (κ3) is 4.35. The first kappa shape index (κ1) is 19.9. The summed E-state index contributed by atoms with van der Waals surface area (Å²) in [5.41, 5.74) is 2.06. The zero-order chi connectivity index (χ0) is 21.0. The van der Waals surface area contributed by atoms with Crippen molar-refractivity contribution >= 4 is 33.5 Å². The van der Waals surface area contributed by atoms with E-state index < -0.39 is 5.97 Å². The second-order valence-electron chi connectivity index (χ2n) is 6.45. The molecule has 0 spiro atoms. The zero-order valence-corrected chi connectivity index (χ0v) is 16.0. The number of rotatable bonds is 2. The van der Waals surface area contributed by atoms with Gasteiger partial charge in [-0.05, 0) is 34.0 Å². The van der Waals surface area contributed by atoms with Crippen LogP contribution in [0.1, 0.15) is 13.8 Å². The molecule has 0 saturated carbocycles. The molecule has 0 fully saturated rings. The smallest absolute Gasteiger partial charge is 0.308 e. The van der Waals surface area contributed by atoms with E-state index in [4.69, 9.17) is 14.6 Å². The summed E-state index contributed by atoms with van der Waals surface area (Å²) < 4.78 is 5.12. The second kappa shape index (κ2) is 8.44. The molecule has 5 nitrogen and oxygen atoms in total. The summed E-state index contributed by atoms with van der Waals surface area (Å²) in [6, 6.07) is 23.1. The normalized spacial score (nSPS) is 10.3. The number of ether oxygens (including phenoxy) is 1. The highest BCUT2D eigenvalue weighted by molar-refractivity contribution is 6.16. The molecule has 0 aliphatic rings. The van der Waals surface area contributed by atoms with E-state index in [0.717, 1.165) is 39.6 Å². The molecule has 146 valence electrons. The van der Waals surface area contributed by atoms with E-state index in [1.54, 1.807) is 12.1 Å². The number of aliphatic carboxylic acids is 1. The van der Waals surface area contributed by atoms with Crippen LogP contribution in [0, 0.1) is 0 Å². The van der Waals surface area contributed by atoms with Crippen molar-refractivity contribution in [2.75, 3.05) is 0 Å². The fourth-order valence-corrected chi connectivity index (χ4v) is 3.27. The molecule has 0 atom stereocenters. The van der Waals surface area contributed by atoms with E-state index in [0.29, 0.717) is 11.5 Å². The molecule has 4 rings (SSSR count). The first-order valence-corrected chi connectivity index (χ1v) is 8.99. The molecule has 0 amide bonds. The van der Waals surface area contributed by atoms with Gasteiger partial charge in [0.15, 0.2) is 0 Å². The average Bonchev–Trinajstić information content (AvgIpc) is 2.69. The molecular formula is C24H20O5. The Morgan fingerprint density at radius 1 is 0.724 bits per heavy atom. The quantitative estimate of drug-likeness (QED) is 0.274. The molecule has 29 heavy (non-hydrogen) atoms. The van der Waals surface area contributed by atoms with Gasteiger partial charge < -0.3 is 14.9 Å². The van der Waals surface area contributed by atoms with Crippen molar-refractivity contribution in [3.05, 3.63) is 72.8 Å². The van der Waals surface area contributed by atoms with Gasteiger partial charge in [0.25, 0.3) is 5.97 Å². The number of carboxylic acid groups (broad SMARTS) is 1. The number of aromatic hydroxyl groups is 1. The van der Waals surface area contributed by atoms with Gasteiger partial charge in [0, 0.05) is 24.6 Å². The maximum atomic E-state index is 11.1. The lowest BCUT2D eigenvalue weighted by Gasteiger charge is -2.14. The van der Waals surface area contributed by atoms with Crippen LogP contribution in [0.4, 0.5) is 0 Å². The van der Waals surface area contributed by atoms with Crippen molar-refractivity contribution in [1.29, 1.82) is 0 Å². The molecule has 4 aromatic rings. The minimum atomic E-state index is -0.833. The van der Waals surface area contributed by atoms with Gasteiger partial charge in [0.05, 0.1) is 0 Å². The van der Waals surface area contributed by atoms with Crippen LogP contribution >= 0.6 is 0 Å². The Bertz CT molecular complexity index is 1130. The Morgan fingerprint density at radius 3 is 1.55 bits per heavy atom. The van der Waals surface area contributed by atoms with E-state index in [1.807, 2.05) is 60.7 Å². The standard InChI is InChI=1S/C22H16O3.C2H4O2/c1-14(23)25-16-12-10-15(11-13-16)21-17-6-2-4-8-19(17)22(24)20-9-5-3-7-18(20)21;1-2(3)4/h2-13,24H,1H3;1H3,(H,3,4). The summed E-state index contributed by atoms with van der Waals surface area (Å²) in [5.74, 6) is -0.358. The molecule has 0 aliphatic carbocycles. The van der Waals surface area contributed by atoms with Crippen molar-refractivity contribution in [2.24, 2.45) is 0 Å².